The fraction of sp³-hybridized carbons (Fsp3) is 0.353. The Bertz CT molecular complexity index is 545. The molecule has 0 amide bonds. The molecule has 4 nitrogen and oxygen atoms in total. The van der Waals surface area contributed by atoms with Crippen molar-refractivity contribution in [1.29, 1.82) is 0 Å². The smallest absolute Gasteiger partial charge is 0.102 e. The van der Waals surface area contributed by atoms with Gasteiger partial charge in [0.1, 0.15) is 6.10 Å². The highest BCUT2D eigenvalue weighted by molar-refractivity contribution is 5.47. The van der Waals surface area contributed by atoms with Gasteiger partial charge in [-0.2, -0.15) is 0 Å². The monoisotopic (exact) mass is 285 g/mol. The fourth-order valence-corrected chi connectivity index (χ4v) is 2.48. The van der Waals surface area contributed by atoms with Crippen molar-refractivity contribution < 1.29 is 4.74 Å². The fourth-order valence-electron chi connectivity index (χ4n) is 2.48. The topological polar surface area (TPSA) is 60.2 Å². The number of likely N-dealkylation sites (N-methyl/N-ethyl adjacent to an activating group) is 1. The SMILES string of the molecule is CCNC(c1cnccc1N)C(OCC)c1ccccc1. The van der Waals surface area contributed by atoms with E-state index in [0.717, 1.165) is 23.4 Å². The predicted octanol–water partition coefficient (Wildman–Crippen LogP) is 3.09. The number of benzene rings is 1. The van der Waals surface area contributed by atoms with Crippen LogP contribution in [-0.2, 0) is 4.74 Å². The minimum atomic E-state index is -0.0948. The van der Waals surface area contributed by atoms with E-state index >= 15 is 0 Å². The summed E-state index contributed by atoms with van der Waals surface area (Å²) in [4.78, 5) is 4.21. The molecule has 1 aromatic heterocycles. The highest BCUT2D eigenvalue weighted by Crippen LogP contribution is 2.34. The Balaban J connectivity index is 2.40. The van der Waals surface area contributed by atoms with Crippen LogP contribution in [0.3, 0.4) is 0 Å². The average molecular weight is 285 g/mol. The minimum Gasteiger partial charge on any atom is -0.398 e. The van der Waals surface area contributed by atoms with Gasteiger partial charge in [0.05, 0.1) is 6.04 Å². The lowest BCUT2D eigenvalue weighted by Crippen LogP contribution is -2.29. The van der Waals surface area contributed by atoms with Crippen molar-refractivity contribution in [3.8, 4) is 0 Å². The molecule has 2 aromatic rings. The lowest BCUT2D eigenvalue weighted by molar-refractivity contribution is 0.0332. The van der Waals surface area contributed by atoms with Crippen LogP contribution in [-0.4, -0.2) is 18.1 Å². The van der Waals surface area contributed by atoms with Gasteiger partial charge >= 0.3 is 0 Å². The summed E-state index contributed by atoms with van der Waals surface area (Å²) in [7, 11) is 0. The molecular weight excluding hydrogens is 262 g/mol. The van der Waals surface area contributed by atoms with Gasteiger partial charge in [-0.25, -0.2) is 0 Å². The number of nitrogen functional groups attached to an aromatic ring is 1. The second-order valence-electron chi connectivity index (χ2n) is 4.83. The summed E-state index contributed by atoms with van der Waals surface area (Å²) in [6.07, 6.45) is 3.43. The molecule has 3 N–H and O–H groups in total. The number of hydrogen-bond donors (Lipinski definition) is 2. The highest BCUT2D eigenvalue weighted by atomic mass is 16.5. The van der Waals surface area contributed by atoms with E-state index in [2.05, 4.69) is 29.4 Å². The van der Waals surface area contributed by atoms with Crippen molar-refractivity contribution in [3.63, 3.8) is 0 Å². The van der Waals surface area contributed by atoms with Crippen molar-refractivity contribution in [3.05, 3.63) is 59.9 Å². The molecule has 0 fully saturated rings. The number of aromatic nitrogens is 1. The van der Waals surface area contributed by atoms with Gasteiger partial charge in [-0.05, 0) is 25.1 Å². The van der Waals surface area contributed by atoms with Crippen LogP contribution in [0.15, 0.2) is 48.8 Å². The first kappa shape index (κ1) is 15.5. The van der Waals surface area contributed by atoms with Gasteiger partial charge in [0.2, 0.25) is 0 Å². The summed E-state index contributed by atoms with van der Waals surface area (Å²) in [5, 5.41) is 3.48. The molecule has 2 atom stereocenters. The van der Waals surface area contributed by atoms with E-state index in [1.165, 1.54) is 0 Å². The van der Waals surface area contributed by atoms with Crippen LogP contribution in [0.1, 0.15) is 37.1 Å². The molecule has 0 bridgehead atoms. The molecule has 1 heterocycles. The standard InChI is InChI=1S/C17H23N3O/c1-3-20-16(14-12-19-11-10-15(14)18)17(21-4-2)13-8-6-5-7-9-13/h5-12,16-17,20H,3-4H2,1-2H3,(H2,18,19). The van der Waals surface area contributed by atoms with Crippen LogP contribution in [0, 0.1) is 0 Å². The summed E-state index contributed by atoms with van der Waals surface area (Å²) in [5.74, 6) is 0. The van der Waals surface area contributed by atoms with E-state index in [1.807, 2.05) is 37.4 Å². The molecule has 2 rings (SSSR count). The first-order valence-electron chi connectivity index (χ1n) is 7.37. The summed E-state index contributed by atoms with van der Waals surface area (Å²) in [6.45, 7) is 5.55. The zero-order valence-corrected chi connectivity index (χ0v) is 12.6. The zero-order chi connectivity index (χ0) is 15.1. The third kappa shape index (κ3) is 3.80. The van der Waals surface area contributed by atoms with Gasteiger partial charge in [0, 0.05) is 30.3 Å². The number of hydrogen-bond acceptors (Lipinski definition) is 4. The van der Waals surface area contributed by atoms with Crippen LogP contribution in [0.4, 0.5) is 5.69 Å². The zero-order valence-electron chi connectivity index (χ0n) is 12.6. The van der Waals surface area contributed by atoms with Gasteiger partial charge in [-0.1, -0.05) is 37.3 Å². The predicted molar refractivity (Wildman–Crippen MR) is 85.9 cm³/mol. The quantitative estimate of drug-likeness (QED) is 0.820. The van der Waals surface area contributed by atoms with Crippen molar-refractivity contribution in [1.82, 2.24) is 10.3 Å². The Morgan fingerprint density at radius 1 is 1.19 bits per heavy atom. The van der Waals surface area contributed by atoms with Crippen molar-refractivity contribution in [2.45, 2.75) is 26.0 Å². The molecule has 0 radical (unpaired) electrons. The Hall–Kier alpha value is -1.91. The lowest BCUT2D eigenvalue weighted by Gasteiger charge is -2.29. The number of ether oxygens (including phenoxy) is 1. The molecule has 4 heteroatoms. The van der Waals surface area contributed by atoms with Crippen LogP contribution in [0.25, 0.3) is 0 Å². The third-order valence-electron chi connectivity index (χ3n) is 3.42. The Morgan fingerprint density at radius 3 is 2.57 bits per heavy atom. The molecule has 0 aliphatic rings. The van der Waals surface area contributed by atoms with Gasteiger partial charge in [-0.15, -0.1) is 0 Å². The molecule has 112 valence electrons. The molecular formula is C17H23N3O. The van der Waals surface area contributed by atoms with E-state index in [9.17, 15) is 0 Å². The second-order valence-corrected chi connectivity index (χ2v) is 4.83. The maximum absolute atomic E-state index is 6.13. The van der Waals surface area contributed by atoms with E-state index in [-0.39, 0.29) is 12.1 Å². The maximum atomic E-state index is 6.13. The van der Waals surface area contributed by atoms with Gasteiger partial charge in [0.25, 0.3) is 0 Å². The first-order chi connectivity index (χ1) is 10.3. The third-order valence-corrected chi connectivity index (χ3v) is 3.42. The van der Waals surface area contributed by atoms with Crippen molar-refractivity contribution >= 4 is 5.69 Å². The number of nitrogens with one attached hydrogen (secondary N) is 1. The van der Waals surface area contributed by atoms with Gasteiger partial charge < -0.3 is 15.8 Å². The number of anilines is 1. The minimum absolute atomic E-state index is 0.0222. The largest absolute Gasteiger partial charge is 0.398 e. The number of pyridine rings is 1. The molecule has 0 saturated heterocycles. The number of rotatable bonds is 7. The average Bonchev–Trinajstić information content (AvgIpc) is 2.52. The maximum Gasteiger partial charge on any atom is 0.102 e. The lowest BCUT2D eigenvalue weighted by atomic mass is 9.95. The number of nitrogens with zero attached hydrogens (tertiary/aromatic N) is 1. The summed E-state index contributed by atoms with van der Waals surface area (Å²) in [6, 6.07) is 12.0. The van der Waals surface area contributed by atoms with E-state index in [4.69, 9.17) is 10.5 Å². The summed E-state index contributed by atoms with van der Waals surface area (Å²) >= 11 is 0. The van der Waals surface area contributed by atoms with Crippen LogP contribution in [0.2, 0.25) is 0 Å². The Kier molecular flexibility index (Phi) is 5.72. The summed E-state index contributed by atoms with van der Waals surface area (Å²) < 4.78 is 6.01. The summed E-state index contributed by atoms with van der Waals surface area (Å²) in [5.41, 5.74) is 8.97. The molecule has 0 aliphatic carbocycles. The van der Waals surface area contributed by atoms with E-state index in [0.29, 0.717) is 6.61 Å². The Labute approximate surface area is 126 Å². The van der Waals surface area contributed by atoms with Crippen molar-refractivity contribution in [2.75, 3.05) is 18.9 Å². The number of nitrogens with two attached hydrogens (primary N) is 1. The second kappa shape index (κ2) is 7.76. The molecule has 1 aromatic carbocycles. The highest BCUT2D eigenvalue weighted by Gasteiger charge is 2.26. The molecule has 0 aliphatic heterocycles. The van der Waals surface area contributed by atoms with E-state index in [1.54, 1.807) is 6.20 Å². The van der Waals surface area contributed by atoms with E-state index < -0.39 is 0 Å². The van der Waals surface area contributed by atoms with Crippen LogP contribution < -0.4 is 11.1 Å². The van der Waals surface area contributed by atoms with Crippen LogP contribution >= 0.6 is 0 Å². The molecule has 0 spiro atoms. The molecule has 0 saturated carbocycles. The van der Waals surface area contributed by atoms with Crippen LogP contribution in [0.5, 0.6) is 0 Å². The first-order valence-corrected chi connectivity index (χ1v) is 7.37. The van der Waals surface area contributed by atoms with Crippen molar-refractivity contribution in [2.24, 2.45) is 0 Å². The molecule has 2 unspecified atom stereocenters. The normalized spacial score (nSPS) is 13.8. The van der Waals surface area contributed by atoms with Gasteiger partial charge in [0.15, 0.2) is 0 Å². The Morgan fingerprint density at radius 2 is 1.95 bits per heavy atom. The van der Waals surface area contributed by atoms with Gasteiger partial charge in [-0.3, -0.25) is 4.98 Å². The molecule has 21 heavy (non-hydrogen) atoms.